The minimum atomic E-state index is 0.439. The molecule has 0 aliphatic carbocycles. The van der Waals surface area contributed by atoms with Crippen LogP contribution in [-0.2, 0) is 6.54 Å². The first-order chi connectivity index (χ1) is 10.2. The minimum absolute atomic E-state index is 0.439. The monoisotopic (exact) mass is 351 g/mol. The van der Waals surface area contributed by atoms with Crippen molar-refractivity contribution in [2.45, 2.75) is 6.54 Å². The van der Waals surface area contributed by atoms with Crippen LogP contribution in [-0.4, -0.2) is 20.3 Å². The first-order valence-corrected chi connectivity index (χ1v) is 7.41. The van der Waals surface area contributed by atoms with Crippen molar-refractivity contribution in [2.24, 2.45) is 5.73 Å². The van der Waals surface area contributed by atoms with E-state index < -0.39 is 0 Å². The SMILES string of the molecule is COc1ccccc1OCCOc1ccc(Br)c(CN)c1. The van der Waals surface area contributed by atoms with E-state index in [2.05, 4.69) is 15.9 Å². The van der Waals surface area contributed by atoms with Gasteiger partial charge in [-0.05, 0) is 35.9 Å². The molecule has 0 aliphatic rings. The third-order valence-corrected chi connectivity index (χ3v) is 3.69. The van der Waals surface area contributed by atoms with E-state index in [4.69, 9.17) is 19.9 Å². The smallest absolute Gasteiger partial charge is 0.161 e. The number of nitrogens with two attached hydrogens (primary N) is 1. The van der Waals surface area contributed by atoms with Gasteiger partial charge < -0.3 is 19.9 Å². The number of halogens is 1. The van der Waals surface area contributed by atoms with E-state index in [-0.39, 0.29) is 0 Å². The van der Waals surface area contributed by atoms with Gasteiger partial charge in [-0.25, -0.2) is 0 Å². The van der Waals surface area contributed by atoms with E-state index in [9.17, 15) is 0 Å². The van der Waals surface area contributed by atoms with Gasteiger partial charge in [0.05, 0.1) is 7.11 Å². The normalized spacial score (nSPS) is 10.2. The fraction of sp³-hybridized carbons (Fsp3) is 0.250. The van der Waals surface area contributed by atoms with Gasteiger partial charge in [-0.1, -0.05) is 28.1 Å². The summed E-state index contributed by atoms with van der Waals surface area (Å²) in [6, 6.07) is 13.3. The Labute approximate surface area is 132 Å². The lowest BCUT2D eigenvalue weighted by atomic mass is 10.2. The zero-order chi connectivity index (χ0) is 15.1. The second kappa shape index (κ2) is 7.90. The molecule has 2 aromatic carbocycles. The molecule has 21 heavy (non-hydrogen) atoms. The summed E-state index contributed by atoms with van der Waals surface area (Å²) >= 11 is 3.44. The van der Waals surface area contributed by atoms with Crippen molar-refractivity contribution >= 4 is 15.9 Å². The van der Waals surface area contributed by atoms with Crippen molar-refractivity contribution in [3.05, 3.63) is 52.5 Å². The van der Waals surface area contributed by atoms with Crippen LogP contribution >= 0.6 is 15.9 Å². The summed E-state index contributed by atoms with van der Waals surface area (Å²) < 4.78 is 17.5. The summed E-state index contributed by atoms with van der Waals surface area (Å²) in [7, 11) is 1.62. The van der Waals surface area contributed by atoms with Gasteiger partial charge in [-0.2, -0.15) is 0 Å². The molecule has 0 saturated heterocycles. The number of para-hydroxylation sites is 2. The predicted molar refractivity (Wildman–Crippen MR) is 86.0 cm³/mol. The number of ether oxygens (including phenoxy) is 3. The Kier molecular flexibility index (Phi) is 5.90. The molecule has 2 aromatic rings. The third-order valence-electron chi connectivity index (χ3n) is 2.92. The summed E-state index contributed by atoms with van der Waals surface area (Å²) in [5, 5.41) is 0. The van der Waals surface area contributed by atoms with Crippen molar-refractivity contribution < 1.29 is 14.2 Å². The zero-order valence-corrected chi connectivity index (χ0v) is 13.4. The first kappa shape index (κ1) is 15.7. The average Bonchev–Trinajstić information content (AvgIpc) is 2.53. The minimum Gasteiger partial charge on any atom is -0.493 e. The molecule has 0 aromatic heterocycles. The molecule has 0 atom stereocenters. The molecule has 4 nitrogen and oxygen atoms in total. The lowest BCUT2D eigenvalue weighted by Gasteiger charge is -2.12. The molecular weight excluding hydrogens is 334 g/mol. The number of rotatable bonds is 7. The van der Waals surface area contributed by atoms with E-state index >= 15 is 0 Å². The largest absolute Gasteiger partial charge is 0.493 e. The maximum Gasteiger partial charge on any atom is 0.161 e. The van der Waals surface area contributed by atoms with Crippen LogP contribution in [0.15, 0.2) is 46.9 Å². The van der Waals surface area contributed by atoms with E-state index in [1.807, 2.05) is 42.5 Å². The van der Waals surface area contributed by atoms with Crippen LogP contribution < -0.4 is 19.9 Å². The Hall–Kier alpha value is -1.72. The van der Waals surface area contributed by atoms with Crippen LogP contribution in [0.4, 0.5) is 0 Å². The van der Waals surface area contributed by atoms with Crippen LogP contribution in [0.5, 0.6) is 17.2 Å². The van der Waals surface area contributed by atoms with E-state index in [0.29, 0.717) is 31.3 Å². The summed E-state index contributed by atoms with van der Waals surface area (Å²) in [6.07, 6.45) is 0. The van der Waals surface area contributed by atoms with E-state index in [1.165, 1.54) is 0 Å². The van der Waals surface area contributed by atoms with Gasteiger partial charge >= 0.3 is 0 Å². The molecule has 0 aliphatic heterocycles. The second-order valence-electron chi connectivity index (χ2n) is 4.31. The summed E-state index contributed by atoms with van der Waals surface area (Å²) in [6.45, 7) is 1.35. The molecule has 0 heterocycles. The van der Waals surface area contributed by atoms with E-state index in [1.54, 1.807) is 7.11 Å². The van der Waals surface area contributed by atoms with Crippen LogP contribution in [0.2, 0.25) is 0 Å². The van der Waals surface area contributed by atoms with Crippen molar-refractivity contribution in [3.63, 3.8) is 0 Å². The van der Waals surface area contributed by atoms with Crippen LogP contribution in [0.1, 0.15) is 5.56 Å². The second-order valence-corrected chi connectivity index (χ2v) is 5.16. The molecule has 0 amide bonds. The highest BCUT2D eigenvalue weighted by molar-refractivity contribution is 9.10. The van der Waals surface area contributed by atoms with Gasteiger partial charge in [-0.3, -0.25) is 0 Å². The first-order valence-electron chi connectivity index (χ1n) is 6.61. The summed E-state index contributed by atoms with van der Waals surface area (Å²) in [4.78, 5) is 0. The highest BCUT2D eigenvalue weighted by atomic mass is 79.9. The number of hydrogen-bond acceptors (Lipinski definition) is 4. The molecule has 112 valence electrons. The van der Waals surface area contributed by atoms with E-state index in [0.717, 1.165) is 15.8 Å². The summed E-state index contributed by atoms with van der Waals surface area (Å²) in [5.74, 6) is 2.20. The van der Waals surface area contributed by atoms with Crippen LogP contribution in [0.25, 0.3) is 0 Å². The highest BCUT2D eigenvalue weighted by Gasteiger charge is 2.03. The third kappa shape index (κ3) is 4.37. The van der Waals surface area contributed by atoms with Crippen molar-refractivity contribution in [1.82, 2.24) is 0 Å². The molecule has 0 radical (unpaired) electrons. The molecular formula is C16H18BrNO3. The molecule has 2 N–H and O–H groups in total. The van der Waals surface area contributed by atoms with Gasteiger partial charge in [0, 0.05) is 11.0 Å². The molecule has 2 rings (SSSR count). The van der Waals surface area contributed by atoms with Gasteiger partial charge in [0.1, 0.15) is 19.0 Å². The Morgan fingerprint density at radius 3 is 2.43 bits per heavy atom. The van der Waals surface area contributed by atoms with Crippen molar-refractivity contribution in [3.8, 4) is 17.2 Å². The molecule has 0 bridgehead atoms. The molecule has 0 unspecified atom stereocenters. The standard InChI is InChI=1S/C16H18BrNO3/c1-19-15-4-2-3-5-16(15)21-9-8-20-13-6-7-14(17)12(10-13)11-18/h2-7,10H,8-9,11,18H2,1H3. The average molecular weight is 352 g/mol. The molecule has 0 spiro atoms. The van der Waals surface area contributed by atoms with Gasteiger partial charge in [0.2, 0.25) is 0 Å². The Morgan fingerprint density at radius 2 is 1.71 bits per heavy atom. The highest BCUT2D eigenvalue weighted by Crippen LogP contribution is 2.26. The lowest BCUT2D eigenvalue weighted by Crippen LogP contribution is -2.10. The quantitative estimate of drug-likeness (QED) is 0.777. The van der Waals surface area contributed by atoms with Gasteiger partial charge in [0.25, 0.3) is 0 Å². The zero-order valence-electron chi connectivity index (χ0n) is 11.8. The van der Waals surface area contributed by atoms with Crippen LogP contribution in [0, 0.1) is 0 Å². The Balaban J connectivity index is 1.84. The predicted octanol–water partition coefficient (Wildman–Crippen LogP) is 3.37. The molecule has 0 saturated carbocycles. The summed E-state index contributed by atoms with van der Waals surface area (Å²) in [5.41, 5.74) is 6.67. The molecule has 5 heteroatoms. The fourth-order valence-corrected chi connectivity index (χ4v) is 2.26. The van der Waals surface area contributed by atoms with Gasteiger partial charge in [-0.15, -0.1) is 0 Å². The Bertz CT molecular complexity index is 589. The van der Waals surface area contributed by atoms with Crippen molar-refractivity contribution in [1.29, 1.82) is 0 Å². The maximum absolute atomic E-state index is 5.66. The topological polar surface area (TPSA) is 53.7 Å². The number of methoxy groups -OCH3 is 1. The maximum atomic E-state index is 5.66. The van der Waals surface area contributed by atoms with Crippen molar-refractivity contribution in [2.75, 3.05) is 20.3 Å². The number of hydrogen-bond donors (Lipinski definition) is 1. The fourth-order valence-electron chi connectivity index (χ4n) is 1.85. The number of benzene rings is 2. The van der Waals surface area contributed by atoms with Gasteiger partial charge in [0.15, 0.2) is 11.5 Å². The van der Waals surface area contributed by atoms with Crippen LogP contribution in [0.3, 0.4) is 0 Å². The molecule has 0 fully saturated rings. The Morgan fingerprint density at radius 1 is 1.00 bits per heavy atom. The lowest BCUT2D eigenvalue weighted by molar-refractivity contribution is 0.211.